The normalized spacial score (nSPS) is 22.5. The number of nitrogens with zero attached hydrogens (tertiary/aromatic N) is 2. The lowest BCUT2D eigenvalue weighted by Crippen LogP contribution is -2.27. The van der Waals surface area contributed by atoms with Crippen molar-refractivity contribution >= 4 is 5.71 Å². The molecule has 0 aromatic carbocycles. The van der Waals surface area contributed by atoms with Crippen LogP contribution in [0.2, 0.25) is 0 Å². The maximum atomic E-state index is 15.5. The van der Waals surface area contributed by atoms with E-state index in [1.807, 2.05) is 6.08 Å². The Bertz CT molecular complexity index is 617. The first kappa shape index (κ1) is 20.6. The van der Waals surface area contributed by atoms with Crippen LogP contribution in [-0.2, 0) is 0 Å². The van der Waals surface area contributed by atoms with Gasteiger partial charge in [0.1, 0.15) is 5.83 Å². The number of unbranched alkanes of at least 4 members (excludes halogenated alkanes) is 1. The van der Waals surface area contributed by atoms with Gasteiger partial charge in [-0.2, -0.15) is 0 Å². The molecule has 0 aromatic heterocycles. The van der Waals surface area contributed by atoms with E-state index in [0.717, 1.165) is 37.8 Å². The number of aliphatic imine (C=N–C) groups is 1. The number of rotatable bonds is 9. The van der Waals surface area contributed by atoms with Gasteiger partial charge in [-0.25, -0.2) is 4.39 Å². The molecule has 0 radical (unpaired) electrons. The van der Waals surface area contributed by atoms with Crippen molar-refractivity contribution in [2.75, 3.05) is 20.6 Å². The zero-order valence-electron chi connectivity index (χ0n) is 16.6. The number of hydrogen-bond donors (Lipinski definition) is 1. The highest BCUT2D eigenvalue weighted by Crippen LogP contribution is 2.45. The molecule has 2 aliphatic rings. The van der Waals surface area contributed by atoms with Crippen LogP contribution in [0.25, 0.3) is 0 Å². The molecule has 26 heavy (non-hydrogen) atoms. The summed E-state index contributed by atoms with van der Waals surface area (Å²) in [5.41, 5.74) is 8.44. The highest BCUT2D eigenvalue weighted by atomic mass is 19.1. The molecule has 0 amide bonds. The fraction of sp³-hybridized carbons (Fsp3) is 0.591. The van der Waals surface area contributed by atoms with Crippen molar-refractivity contribution in [3.8, 4) is 0 Å². The van der Waals surface area contributed by atoms with Gasteiger partial charge in [0, 0.05) is 17.5 Å². The zero-order chi connectivity index (χ0) is 19.1. The minimum absolute atomic E-state index is 0.0697. The van der Waals surface area contributed by atoms with E-state index in [-0.39, 0.29) is 5.83 Å². The smallest absolute Gasteiger partial charge is 0.131 e. The van der Waals surface area contributed by atoms with Gasteiger partial charge in [-0.3, -0.25) is 4.99 Å². The van der Waals surface area contributed by atoms with Crippen molar-refractivity contribution in [1.82, 2.24) is 4.90 Å². The van der Waals surface area contributed by atoms with Crippen molar-refractivity contribution in [2.45, 2.75) is 51.9 Å². The Kier molecular flexibility index (Phi) is 7.83. The fourth-order valence-corrected chi connectivity index (χ4v) is 3.79. The molecule has 1 atom stereocenters. The van der Waals surface area contributed by atoms with Gasteiger partial charge in [0.05, 0.1) is 5.71 Å². The molecule has 2 aliphatic carbocycles. The Balaban J connectivity index is 2.21. The van der Waals surface area contributed by atoms with Gasteiger partial charge in [0.25, 0.3) is 0 Å². The van der Waals surface area contributed by atoms with Crippen LogP contribution in [0, 0.1) is 11.8 Å². The van der Waals surface area contributed by atoms with Gasteiger partial charge in [-0.15, -0.1) is 0 Å². The Morgan fingerprint density at radius 1 is 1.38 bits per heavy atom. The van der Waals surface area contributed by atoms with Crippen LogP contribution in [0.4, 0.5) is 4.39 Å². The van der Waals surface area contributed by atoms with Crippen LogP contribution < -0.4 is 5.73 Å². The minimum atomic E-state index is -0.0697. The molecule has 2 N–H and O–H groups in total. The van der Waals surface area contributed by atoms with E-state index >= 15 is 4.39 Å². The van der Waals surface area contributed by atoms with Crippen LogP contribution in [0.5, 0.6) is 0 Å². The summed E-state index contributed by atoms with van der Waals surface area (Å²) in [4.78, 5) is 6.52. The lowest BCUT2D eigenvalue weighted by Gasteiger charge is -2.37. The van der Waals surface area contributed by atoms with E-state index in [9.17, 15) is 0 Å². The standard InChI is InChI=1S/C22H34FN3/c1-5-21(25-15-16(2)24)20-13-12-18(17-9-8-10-17)19(22(20)23)11-6-7-14-26(3)4/h5,13,15,17-18H,1,6-12,14,24H2,2-4H3/b16-15+,25-21?. The molecule has 0 bridgehead atoms. The highest BCUT2D eigenvalue weighted by Gasteiger charge is 2.34. The summed E-state index contributed by atoms with van der Waals surface area (Å²) in [5, 5.41) is 0. The molecule has 4 heteroatoms. The van der Waals surface area contributed by atoms with Gasteiger partial charge in [0.15, 0.2) is 0 Å². The second kappa shape index (κ2) is 9.86. The summed E-state index contributed by atoms with van der Waals surface area (Å²) in [7, 11) is 4.16. The Morgan fingerprint density at radius 2 is 2.12 bits per heavy atom. The molecule has 1 fully saturated rings. The van der Waals surface area contributed by atoms with E-state index in [1.54, 1.807) is 19.2 Å². The highest BCUT2D eigenvalue weighted by molar-refractivity contribution is 6.11. The topological polar surface area (TPSA) is 41.6 Å². The first-order valence-corrected chi connectivity index (χ1v) is 9.80. The Morgan fingerprint density at radius 3 is 2.65 bits per heavy atom. The summed E-state index contributed by atoms with van der Waals surface area (Å²) < 4.78 is 15.5. The minimum Gasteiger partial charge on any atom is -0.401 e. The lowest BCUT2D eigenvalue weighted by atomic mass is 9.68. The molecule has 1 saturated carbocycles. The first-order valence-electron chi connectivity index (χ1n) is 9.80. The number of halogens is 1. The third kappa shape index (κ3) is 5.41. The second-order valence-electron chi connectivity index (χ2n) is 7.84. The molecule has 3 nitrogen and oxygen atoms in total. The molecular weight excluding hydrogens is 325 g/mol. The molecule has 0 aliphatic heterocycles. The van der Waals surface area contributed by atoms with Crippen molar-refractivity contribution in [2.24, 2.45) is 22.6 Å². The average molecular weight is 360 g/mol. The van der Waals surface area contributed by atoms with E-state index in [0.29, 0.717) is 28.8 Å². The SMILES string of the molecule is C=CC(=N/C=C(\C)N)C1=CCC(C2CCC2)C(CCCCN(C)C)=C1F. The fourth-order valence-electron chi connectivity index (χ4n) is 3.79. The summed E-state index contributed by atoms with van der Waals surface area (Å²) in [6.45, 7) is 6.63. The van der Waals surface area contributed by atoms with E-state index in [2.05, 4.69) is 30.6 Å². The van der Waals surface area contributed by atoms with E-state index < -0.39 is 0 Å². The van der Waals surface area contributed by atoms with Crippen molar-refractivity contribution in [3.05, 3.63) is 47.6 Å². The molecule has 0 aromatic rings. The molecule has 0 heterocycles. The van der Waals surface area contributed by atoms with Crippen LogP contribution in [0.1, 0.15) is 51.9 Å². The van der Waals surface area contributed by atoms with Gasteiger partial charge in [-0.05, 0) is 89.6 Å². The summed E-state index contributed by atoms with van der Waals surface area (Å²) in [5.74, 6) is 0.946. The molecule has 2 rings (SSSR count). The van der Waals surface area contributed by atoms with Crippen LogP contribution in [0.3, 0.4) is 0 Å². The number of hydrogen-bond acceptors (Lipinski definition) is 3. The first-order chi connectivity index (χ1) is 12.4. The van der Waals surface area contributed by atoms with Crippen LogP contribution >= 0.6 is 0 Å². The molecule has 0 saturated heterocycles. The molecule has 0 spiro atoms. The van der Waals surface area contributed by atoms with Crippen LogP contribution in [-0.4, -0.2) is 31.3 Å². The number of nitrogens with two attached hydrogens (primary N) is 1. The maximum absolute atomic E-state index is 15.5. The average Bonchev–Trinajstić information content (AvgIpc) is 2.53. The predicted molar refractivity (Wildman–Crippen MR) is 110 cm³/mol. The Labute approximate surface area is 158 Å². The van der Waals surface area contributed by atoms with Crippen molar-refractivity contribution in [3.63, 3.8) is 0 Å². The third-order valence-corrected chi connectivity index (χ3v) is 5.44. The van der Waals surface area contributed by atoms with E-state index in [4.69, 9.17) is 5.73 Å². The number of allylic oxidation sites excluding steroid dienone is 6. The van der Waals surface area contributed by atoms with Crippen molar-refractivity contribution < 1.29 is 4.39 Å². The third-order valence-electron chi connectivity index (χ3n) is 5.44. The second-order valence-corrected chi connectivity index (χ2v) is 7.84. The van der Waals surface area contributed by atoms with Gasteiger partial charge in [-0.1, -0.05) is 19.1 Å². The van der Waals surface area contributed by atoms with Gasteiger partial charge >= 0.3 is 0 Å². The maximum Gasteiger partial charge on any atom is 0.131 e. The monoisotopic (exact) mass is 359 g/mol. The van der Waals surface area contributed by atoms with Crippen LogP contribution in [0.15, 0.2) is 52.6 Å². The van der Waals surface area contributed by atoms with E-state index in [1.165, 1.54) is 19.3 Å². The molecule has 144 valence electrons. The van der Waals surface area contributed by atoms with Gasteiger partial charge in [0.2, 0.25) is 0 Å². The lowest BCUT2D eigenvalue weighted by molar-refractivity contribution is 0.224. The summed E-state index contributed by atoms with van der Waals surface area (Å²) in [6.07, 6.45) is 12.8. The summed E-state index contributed by atoms with van der Waals surface area (Å²) in [6, 6.07) is 0. The molecule has 1 unspecified atom stereocenters. The Hall–Kier alpha value is -1.68. The quantitative estimate of drug-likeness (QED) is 0.458. The largest absolute Gasteiger partial charge is 0.401 e. The zero-order valence-corrected chi connectivity index (χ0v) is 16.6. The summed E-state index contributed by atoms with van der Waals surface area (Å²) >= 11 is 0. The molecular formula is C22H34FN3. The van der Waals surface area contributed by atoms with Gasteiger partial charge < -0.3 is 10.6 Å². The van der Waals surface area contributed by atoms with Crippen molar-refractivity contribution in [1.29, 1.82) is 0 Å². The predicted octanol–water partition coefficient (Wildman–Crippen LogP) is 5.14.